The van der Waals surface area contributed by atoms with Gasteiger partial charge in [0.2, 0.25) is 0 Å². The monoisotopic (exact) mass is 568 g/mol. The van der Waals surface area contributed by atoms with Crippen LogP contribution in [0.2, 0.25) is 0 Å². The van der Waals surface area contributed by atoms with Crippen LogP contribution in [0.4, 0.5) is 10.1 Å². The lowest BCUT2D eigenvalue weighted by Gasteiger charge is -2.36. The van der Waals surface area contributed by atoms with Gasteiger partial charge in [-0.05, 0) is 59.2 Å². The van der Waals surface area contributed by atoms with Gasteiger partial charge < -0.3 is 19.8 Å². The highest BCUT2D eigenvalue weighted by Gasteiger charge is 2.25. The number of H-pyrrole nitrogens is 2. The van der Waals surface area contributed by atoms with Crippen LogP contribution in [0.15, 0.2) is 120 Å². The van der Waals surface area contributed by atoms with E-state index in [0.29, 0.717) is 48.7 Å². The summed E-state index contributed by atoms with van der Waals surface area (Å²) in [4.78, 5) is 36.6. The van der Waals surface area contributed by atoms with Crippen molar-refractivity contribution in [3.05, 3.63) is 137 Å². The maximum Gasteiger partial charge on any atom is 0.257 e. The van der Waals surface area contributed by atoms with Gasteiger partial charge in [-0.1, -0.05) is 66.7 Å². The van der Waals surface area contributed by atoms with Crippen LogP contribution in [-0.4, -0.2) is 47.0 Å². The number of aromatic amines is 2. The fourth-order valence-electron chi connectivity index (χ4n) is 5.95. The number of carbonyl (C=O) groups is 1. The van der Waals surface area contributed by atoms with Crippen LogP contribution in [-0.2, 0) is 0 Å². The van der Waals surface area contributed by atoms with Crippen LogP contribution < -0.4 is 10.5 Å². The van der Waals surface area contributed by atoms with E-state index in [9.17, 15) is 14.0 Å². The Morgan fingerprint density at radius 3 is 2.16 bits per heavy atom. The largest absolute Gasteiger partial charge is 0.366 e. The smallest absolute Gasteiger partial charge is 0.257 e. The number of amides is 1. The number of carbonyl (C=O) groups excluding carboxylic acids is 1. The summed E-state index contributed by atoms with van der Waals surface area (Å²) in [6.45, 7) is 2.10. The first-order valence-electron chi connectivity index (χ1n) is 14.4. The lowest BCUT2D eigenvalue weighted by Crippen LogP contribution is -2.49. The number of hydrogen-bond acceptors (Lipinski definition) is 3. The zero-order valence-electron chi connectivity index (χ0n) is 23.4. The van der Waals surface area contributed by atoms with E-state index in [1.54, 1.807) is 30.5 Å². The van der Waals surface area contributed by atoms with Gasteiger partial charge >= 0.3 is 0 Å². The molecule has 1 aliphatic heterocycles. The molecule has 0 bridgehead atoms. The summed E-state index contributed by atoms with van der Waals surface area (Å²) < 4.78 is 14.3. The Morgan fingerprint density at radius 1 is 0.721 bits per heavy atom. The second-order valence-corrected chi connectivity index (χ2v) is 10.7. The number of nitrogens with one attached hydrogen (secondary N) is 2. The molecule has 1 amide bonds. The van der Waals surface area contributed by atoms with E-state index in [0.717, 1.165) is 33.2 Å². The third kappa shape index (κ3) is 4.99. The van der Waals surface area contributed by atoms with E-state index in [4.69, 9.17) is 0 Å². The number of nitrogens with zero attached hydrogens (tertiary/aromatic N) is 2. The highest BCUT2D eigenvalue weighted by Crippen LogP contribution is 2.38. The van der Waals surface area contributed by atoms with Gasteiger partial charge in [0.05, 0.1) is 16.9 Å². The van der Waals surface area contributed by atoms with Crippen LogP contribution in [0.1, 0.15) is 10.4 Å². The highest BCUT2D eigenvalue weighted by atomic mass is 19.1. The Morgan fingerprint density at radius 2 is 1.42 bits per heavy atom. The topological polar surface area (TPSA) is 72.2 Å². The average Bonchev–Trinajstić information content (AvgIpc) is 3.44. The Balaban J connectivity index is 1.25. The summed E-state index contributed by atoms with van der Waals surface area (Å²) in [6, 6.07) is 34.4. The molecule has 0 spiro atoms. The summed E-state index contributed by atoms with van der Waals surface area (Å²) in [5, 5.41) is 0.863. The molecule has 0 aliphatic carbocycles. The normalized spacial score (nSPS) is 13.4. The molecule has 3 heterocycles. The second-order valence-electron chi connectivity index (χ2n) is 10.7. The number of para-hydroxylation sites is 1. The zero-order valence-corrected chi connectivity index (χ0v) is 23.4. The molecule has 1 aliphatic rings. The number of rotatable bonds is 5. The quantitative estimate of drug-likeness (QED) is 0.236. The maximum absolute atomic E-state index is 14.3. The Hall–Kier alpha value is -5.43. The van der Waals surface area contributed by atoms with Crippen molar-refractivity contribution in [2.45, 2.75) is 0 Å². The molecule has 4 aromatic carbocycles. The van der Waals surface area contributed by atoms with Gasteiger partial charge in [-0.3, -0.25) is 9.59 Å². The summed E-state index contributed by atoms with van der Waals surface area (Å²) >= 11 is 0. The highest BCUT2D eigenvalue weighted by molar-refractivity contribution is 6.07. The minimum Gasteiger partial charge on any atom is -0.366 e. The molecular weight excluding hydrogens is 539 g/mol. The Labute approximate surface area is 248 Å². The third-order valence-corrected chi connectivity index (χ3v) is 8.17. The van der Waals surface area contributed by atoms with Crippen molar-refractivity contribution >= 4 is 22.5 Å². The summed E-state index contributed by atoms with van der Waals surface area (Å²) in [5.74, 6) is -0.321. The van der Waals surface area contributed by atoms with Crippen molar-refractivity contribution in [3.8, 4) is 33.5 Å². The van der Waals surface area contributed by atoms with Crippen molar-refractivity contribution in [1.82, 2.24) is 14.9 Å². The Bertz CT molecular complexity index is 1990. The SMILES string of the molecule is O=C(c1ccc2[nH]c(-c3ccc[nH]c3=O)c(-c3ccc(-c4ccccc4)cc3)c2c1)N1CCN(c2ccccc2F)CC1. The fraction of sp³-hybridized carbons (Fsp3) is 0.111. The zero-order chi connectivity index (χ0) is 29.3. The van der Waals surface area contributed by atoms with Crippen LogP contribution in [0, 0.1) is 5.82 Å². The van der Waals surface area contributed by atoms with E-state index in [2.05, 4.69) is 46.4 Å². The molecule has 1 saturated heterocycles. The standard InChI is InChI=1S/C36H29FN4O2/c37-30-10-4-5-11-32(30)40-19-21-41(22-20-40)36(43)27-16-17-31-29(23-27)33(34(39-31)28-9-6-18-38-35(28)42)26-14-12-25(13-15-26)24-7-2-1-3-8-24/h1-18,23,39H,19-22H2,(H,38,42). The fourth-order valence-corrected chi connectivity index (χ4v) is 5.95. The van der Waals surface area contributed by atoms with E-state index in [-0.39, 0.29) is 17.3 Å². The molecule has 6 aromatic rings. The molecular formula is C36H29FN4O2. The van der Waals surface area contributed by atoms with E-state index in [1.807, 2.05) is 52.3 Å². The first-order chi connectivity index (χ1) is 21.1. The van der Waals surface area contributed by atoms with Crippen molar-refractivity contribution in [2.75, 3.05) is 31.1 Å². The van der Waals surface area contributed by atoms with Gasteiger partial charge in [0.15, 0.2) is 0 Å². The van der Waals surface area contributed by atoms with Gasteiger partial charge in [0, 0.05) is 54.4 Å². The molecule has 2 aromatic heterocycles. The van der Waals surface area contributed by atoms with E-state index < -0.39 is 0 Å². The minimum absolute atomic E-state index is 0.0687. The summed E-state index contributed by atoms with van der Waals surface area (Å²) in [5.41, 5.74) is 7.02. The number of aromatic nitrogens is 2. The number of benzene rings is 4. The van der Waals surface area contributed by atoms with Crippen LogP contribution in [0.3, 0.4) is 0 Å². The predicted molar refractivity (Wildman–Crippen MR) is 170 cm³/mol. The van der Waals surface area contributed by atoms with E-state index >= 15 is 0 Å². The lowest BCUT2D eigenvalue weighted by atomic mass is 9.95. The molecule has 0 saturated carbocycles. The van der Waals surface area contributed by atoms with E-state index in [1.165, 1.54) is 6.07 Å². The molecule has 7 rings (SSSR count). The predicted octanol–water partition coefficient (Wildman–Crippen LogP) is 6.96. The number of halogens is 1. The van der Waals surface area contributed by atoms with Gasteiger partial charge in [-0.25, -0.2) is 4.39 Å². The van der Waals surface area contributed by atoms with Crippen LogP contribution >= 0.6 is 0 Å². The van der Waals surface area contributed by atoms with Gasteiger partial charge in [0.25, 0.3) is 11.5 Å². The first kappa shape index (κ1) is 26.5. The molecule has 43 heavy (non-hydrogen) atoms. The molecule has 212 valence electrons. The van der Waals surface area contributed by atoms with Gasteiger partial charge in [-0.2, -0.15) is 0 Å². The number of pyridine rings is 1. The molecule has 1 fully saturated rings. The van der Waals surface area contributed by atoms with Crippen molar-refractivity contribution in [2.24, 2.45) is 0 Å². The molecule has 2 N–H and O–H groups in total. The third-order valence-electron chi connectivity index (χ3n) is 8.17. The lowest BCUT2D eigenvalue weighted by molar-refractivity contribution is 0.0747. The number of piperazine rings is 1. The number of fused-ring (bicyclic) bond motifs is 1. The molecule has 0 radical (unpaired) electrons. The molecule has 7 heteroatoms. The molecule has 6 nitrogen and oxygen atoms in total. The maximum atomic E-state index is 14.3. The minimum atomic E-state index is -0.252. The number of hydrogen-bond donors (Lipinski definition) is 2. The average molecular weight is 569 g/mol. The van der Waals surface area contributed by atoms with Gasteiger partial charge in [0.1, 0.15) is 5.82 Å². The van der Waals surface area contributed by atoms with Crippen LogP contribution in [0.5, 0.6) is 0 Å². The van der Waals surface area contributed by atoms with Gasteiger partial charge in [-0.15, -0.1) is 0 Å². The first-order valence-corrected chi connectivity index (χ1v) is 14.4. The molecule has 0 unspecified atom stereocenters. The number of anilines is 1. The van der Waals surface area contributed by atoms with Crippen molar-refractivity contribution in [3.63, 3.8) is 0 Å². The molecule has 0 atom stereocenters. The van der Waals surface area contributed by atoms with Crippen molar-refractivity contribution in [1.29, 1.82) is 0 Å². The second kappa shape index (κ2) is 11.1. The van der Waals surface area contributed by atoms with Crippen LogP contribution in [0.25, 0.3) is 44.4 Å². The summed E-state index contributed by atoms with van der Waals surface area (Å²) in [6.07, 6.45) is 1.62. The summed E-state index contributed by atoms with van der Waals surface area (Å²) in [7, 11) is 0. The Kier molecular flexibility index (Phi) is 6.83. The van der Waals surface area contributed by atoms with Crippen molar-refractivity contribution < 1.29 is 9.18 Å².